The molecule has 1 aliphatic carbocycles. The van der Waals surface area contributed by atoms with Crippen LogP contribution in [0.3, 0.4) is 0 Å². The van der Waals surface area contributed by atoms with Crippen LogP contribution in [-0.4, -0.2) is 17.6 Å². The molecule has 2 aromatic carbocycles. The van der Waals surface area contributed by atoms with E-state index in [0.717, 1.165) is 5.56 Å². The lowest BCUT2D eigenvalue weighted by Crippen LogP contribution is -2.06. The maximum absolute atomic E-state index is 13.9. The van der Waals surface area contributed by atoms with Crippen molar-refractivity contribution in [2.45, 2.75) is 18.6 Å². The molecule has 0 spiro atoms. The van der Waals surface area contributed by atoms with Crippen LogP contribution in [0.4, 0.5) is 8.78 Å². The van der Waals surface area contributed by atoms with E-state index in [0.29, 0.717) is 12.2 Å². The summed E-state index contributed by atoms with van der Waals surface area (Å²) in [6.07, 6.45) is -1.15. The summed E-state index contributed by atoms with van der Waals surface area (Å²) in [5.41, 5.74) is 1.48. The summed E-state index contributed by atoms with van der Waals surface area (Å²) in [6, 6.07) is 18.0. The van der Waals surface area contributed by atoms with Gasteiger partial charge in [-0.25, -0.2) is 8.78 Å². The fourth-order valence-corrected chi connectivity index (χ4v) is 2.80. The molecule has 0 bridgehead atoms. The maximum atomic E-state index is 13.9. The lowest BCUT2D eigenvalue weighted by molar-refractivity contribution is 0.0336. The van der Waals surface area contributed by atoms with Gasteiger partial charge in [-0.05, 0) is 11.1 Å². The molecular weight excluding hydrogens is 286 g/mol. The van der Waals surface area contributed by atoms with Gasteiger partial charge in [-0.3, -0.25) is 0 Å². The molecule has 0 amide bonds. The summed E-state index contributed by atoms with van der Waals surface area (Å²) in [6.45, 7) is 0.262. The van der Waals surface area contributed by atoms with Crippen LogP contribution in [0.2, 0.25) is 0 Å². The Morgan fingerprint density at radius 1 is 1.00 bits per heavy atom. The molecule has 0 aliphatic heterocycles. The molecule has 116 valence electrons. The van der Waals surface area contributed by atoms with E-state index in [9.17, 15) is 13.9 Å². The number of ether oxygens (including phenoxy) is 1. The Labute approximate surface area is 128 Å². The highest BCUT2D eigenvalue weighted by atomic mass is 19.3. The van der Waals surface area contributed by atoms with Gasteiger partial charge in [0.25, 0.3) is 5.92 Å². The minimum atomic E-state index is -2.87. The molecule has 1 unspecified atom stereocenters. The summed E-state index contributed by atoms with van der Waals surface area (Å²) in [7, 11) is 0. The minimum Gasteiger partial charge on any atom is -0.388 e. The highest BCUT2D eigenvalue weighted by Crippen LogP contribution is 2.60. The van der Waals surface area contributed by atoms with Crippen molar-refractivity contribution < 1.29 is 18.6 Å². The Morgan fingerprint density at radius 3 is 2.23 bits per heavy atom. The van der Waals surface area contributed by atoms with Crippen LogP contribution in [-0.2, 0) is 11.3 Å². The second-order valence-electron chi connectivity index (χ2n) is 5.66. The van der Waals surface area contributed by atoms with Gasteiger partial charge >= 0.3 is 0 Å². The first-order chi connectivity index (χ1) is 10.6. The Hall–Kier alpha value is -1.78. The quantitative estimate of drug-likeness (QED) is 0.879. The van der Waals surface area contributed by atoms with E-state index in [4.69, 9.17) is 4.74 Å². The first-order valence-electron chi connectivity index (χ1n) is 7.33. The topological polar surface area (TPSA) is 29.5 Å². The van der Waals surface area contributed by atoms with Gasteiger partial charge in [-0.15, -0.1) is 0 Å². The second kappa shape index (κ2) is 6.15. The van der Waals surface area contributed by atoms with E-state index in [1.54, 1.807) is 30.3 Å². The number of aliphatic hydroxyl groups excluding tert-OH is 1. The lowest BCUT2D eigenvalue weighted by Gasteiger charge is -2.09. The zero-order valence-electron chi connectivity index (χ0n) is 12.0. The van der Waals surface area contributed by atoms with Gasteiger partial charge in [-0.1, -0.05) is 60.7 Å². The molecule has 0 radical (unpaired) electrons. The van der Waals surface area contributed by atoms with Crippen molar-refractivity contribution in [3.05, 3.63) is 71.8 Å². The third kappa shape index (κ3) is 3.03. The number of alkyl halides is 2. The molecule has 1 N–H and O–H groups in total. The molecular formula is C18H18F2O2. The summed E-state index contributed by atoms with van der Waals surface area (Å²) >= 11 is 0. The van der Waals surface area contributed by atoms with E-state index in [1.807, 2.05) is 30.3 Å². The summed E-state index contributed by atoms with van der Waals surface area (Å²) in [4.78, 5) is 0. The SMILES string of the molecule is OC(c1ccccc1)[C@H]1[C@H](COCc2ccccc2)C1(F)F. The molecule has 2 aromatic rings. The smallest absolute Gasteiger partial charge is 0.259 e. The van der Waals surface area contributed by atoms with Gasteiger partial charge in [0.15, 0.2) is 0 Å². The summed E-state index contributed by atoms with van der Waals surface area (Å²) in [5, 5.41) is 10.1. The van der Waals surface area contributed by atoms with E-state index in [1.165, 1.54) is 0 Å². The predicted octanol–water partition coefficient (Wildman–Crippen LogP) is 3.82. The van der Waals surface area contributed by atoms with Gasteiger partial charge in [0.05, 0.1) is 31.2 Å². The molecule has 1 fully saturated rings. The second-order valence-corrected chi connectivity index (χ2v) is 5.66. The molecule has 1 aliphatic rings. The molecule has 1 saturated carbocycles. The van der Waals surface area contributed by atoms with Gasteiger partial charge in [0.2, 0.25) is 0 Å². The number of benzene rings is 2. The monoisotopic (exact) mass is 304 g/mol. The highest BCUT2D eigenvalue weighted by Gasteiger charge is 2.70. The predicted molar refractivity (Wildman–Crippen MR) is 79.4 cm³/mol. The van der Waals surface area contributed by atoms with Crippen LogP contribution in [0.1, 0.15) is 17.2 Å². The molecule has 3 atom stereocenters. The van der Waals surface area contributed by atoms with Gasteiger partial charge < -0.3 is 9.84 Å². The van der Waals surface area contributed by atoms with Crippen molar-refractivity contribution in [1.29, 1.82) is 0 Å². The van der Waals surface area contributed by atoms with Crippen molar-refractivity contribution in [2.24, 2.45) is 11.8 Å². The molecule has 0 aromatic heterocycles. The fourth-order valence-electron chi connectivity index (χ4n) is 2.80. The normalized spacial score (nSPS) is 24.0. The standard InChI is InChI=1S/C18H18F2O2/c19-18(20)15(12-22-11-13-7-3-1-4-8-13)16(18)17(21)14-9-5-2-6-10-14/h1-10,15-17,21H,11-12H2/t15-,16+,17?/m0/s1. The number of halogens is 2. The Balaban J connectivity index is 1.56. The average Bonchev–Trinajstić information content (AvgIpc) is 3.09. The third-order valence-electron chi connectivity index (χ3n) is 4.15. The van der Waals surface area contributed by atoms with Gasteiger partial charge in [0.1, 0.15) is 0 Å². The van der Waals surface area contributed by atoms with Crippen LogP contribution >= 0.6 is 0 Å². The largest absolute Gasteiger partial charge is 0.388 e. The first kappa shape index (κ1) is 15.1. The van der Waals surface area contributed by atoms with E-state index in [2.05, 4.69) is 0 Å². The lowest BCUT2D eigenvalue weighted by atomic mass is 10.0. The van der Waals surface area contributed by atoms with E-state index in [-0.39, 0.29) is 6.61 Å². The van der Waals surface area contributed by atoms with Crippen molar-refractivity contribution in [1.82, 2.24) is 0 Å². The molecule has 2 nitrogen and oxygen atoms in total. The maximum Gasteiger partial charge on any atom is 0.259 e. The molecule has 4 heteroatoms. The van der Waals surface area contributed by atoms with Gasteiger partial charge in [0, 0.05) is 0 Å². The minimum absolute atomic E-state index is 0.0452. The van der Waals surface area contributed by atoms with Crippen LogP contribution in [0.25, 0.3) is 0 Å². The molecule has 22 heavy (non-hydrogen) atoms. The van der Waals surface area contributed by atoms with Gasteiger partial charge in [-0.2, -0.15) is 0 Å². The zero-order valence-corrected chi connectivity index (χ0v) is 12.0. The van der Waals surface area contributed by atoms with Crippen molar-refractivity contribution in [3.63, 3.8) is 0 Å². The number of hydrogen-bond acceptors (Lipinski definition) is 2. The van der Waals surface area contributed by atoms with Crippen LogP contribution in [0.5, 0.6) is 0 Å². The fraction of sp³-hybridized carbons (Fsp3) is 0.333. The van der Waals surface area contributed by atoms with Crippen LogP contribution < -0.4 is 0 Å². The molecule has 0 saturated heterocycles. The number of hydrogen-bond donors (Lipinski definition) is 1. The third-order valence-corrected chi connectivity index (χ3v) is 4.15. The summed E-state index contributed by atoms with van der Waals surface area (Å²) < 4.78 is 33.2. The van der Waals surface area contributed by atoms with E-state index < -0.39 is 23.9 Å². The average molecular weight is 304 g/mol. The van der Waals surface area contributed by atoms with Crippen LogP contribution in [0.15, 0.2) is 60.7 Å². The molecule has 0 heterocycles. The first-order valence-corrected chi connectivity index (χ1v) is 7.33. The zero-order chi connectivity index (χ0) is 15.6. The number of rotatable bonds is 6. The van der Waals surface area contributed by atoms with E-state index >= 15 is 0 Å². The Morgan fingerprint density at radius 2 is 1.59 bits per heavy atom. The Kier molecular flexibility index (Phi) is 4.23. The van der Waals surface area contributed by atoms with Crippen LogP contribution in [0, 0.1) is 11.8 Å². The summed E-state index contributed by atoms with van der Waals surface area (Å²) in [5.74, 6) is -4.86. The Bertz CT molecular complexity index is 601. The van der Waals surface area contributed by atoms with Crippen molar-refractivity contribution >= 4 is 0 Å². The number of aliphatic hydroxyl groups is 1. The highest BCUT2D eigenvalue weighted by molar-refractivity contribution is 5.23. The molecule has 3 rings (SSSR count). The van der Waals surface area contributed by atoms with Crippen molar-refractivity contribution in [3.8, 4) is 0 Å². The van der Waals surface area contributed by atoms with Crippen molar-refractivity contribution in [2.75, 3.05) is 6.61 Å².